The quantitative estimate of drug-likeness (QED) is 0.892. The third-order valence-electron chi connectivity index (χ3n) is 4.26. The maximum absolute atomic E-state index is 6.33. The van der Waals surface area contributed by atoms with Gasteiger partial charge in [-0.1, -0.05) is 13.8 Å². The highest BCUT2D eigenvalue weighted by Gasteiger charge is 2.34. The van der Waals surface area contributed by atoms with Crippen LogP contribution >= 0.6 is 0 Å². The van der Waals surface area contributed by atoms with E-state index in [0.29, 0.717) is 6.04 Å². The average molecular weight is 250 g/mol. The van der Waals surface area contributed by atoms with Gasteiger partial charge < -0.3 is 10.2 Å². The summed E-state index contributed by atoms with van der Waals surface area (Å²) >= 11 is 0. The van der Waals surface area contributed by atoms with E-state index in [9.17, 15) is 0 Å². The first kappa shape index (κ1) is 13.6. The molecule has 0 radical (unpaired) electrons. The molecule has 1 aromatic rings. The van der Waals surface area contributed by atoms with Crippen LogP contribution in [-0.2, 0) is 0 Å². The minimum Gasteiger partial charge on any atom is -0.468 e. The number of piperidine rings is 1. The average Bonchev–Trinajstić information content (AvgIpc) is 2.85. The maximum Gasteiger partial charge on any atom is 0.122 e. The van der Waals surface area contributed by atoms with Crippen LogP contribution in [0, 0.1) is 5.92 Å². The lowest BCUT2D eigenvalue weighted by molar-refractivity contribution is 0.0563. The van der Waals surface area contributed by atoms with Crippen LogP contribution in [0.5, 0.6) is 0 Å². The Morgan fingerprint density at radius 1 is 1.50 bits per heavy atom. The molecule has 2 N–H and O–H groups in total. The first-order valence-electron chi connectivity index (χ1n) is 7.18. The summed E-state index contributed by atoms with van der Waals surface area (Å²) < 4.78 is 5.63. The molecule has 3 nitrogen and oxygen atoms in total. The number of nitrogens with two attached hydrogens (primary N) is 1. The second-order valence-corrected chi connectivity index (χ2v) is 5.75. The van der Waals surface area contributed by atoms with Crippen molar-refractivity contribution in [2.24, 2.45) is 11.7 Å². The van der Waals surface area contributed by atoms with Crippen LogP contribution in [0.25, 0.3) is 0 Å². The Hall–Kier alpha value is -0.800. The van der Waals surface area contributed by atoms with Crippen molar-refractivity contribution in [3.8, 4) is 0 Å². The lowest BCUT2D eigenvalue weighted by Gasteiger charge is -2.43. The Bertz CT molecular complexity index is 349. The van der Waals surface area contributed by atoms with Gasteiger partial charge in [0.15, 0.2) is 0 Å². The second kappa shape index (κ2) is 5.89. The molecule has 0 amide bonds. The molecule has 102 valence electrons. The van der Waals surface area contributed by atoms with Crippen LogP contribution in [0.2, 0.25) is 0 Å². The smallest absolute Gasteiger partial charge is 0.122 e. The van der Waals surface area contributed by atoms with Crippen molar-refractivity contribution in [2.75, 3.05) is 6.54 Å². The summed E-state index contributed by atoms with van der Waals surface area (Å²) in [7, 11) is 0. The molecule has 0 spiro atoms. The molecule has 1 aromatic heterocycles. The van der Waals surface area contributed by atoms with Gasteiger partial charge in [-0.3, -0.25) is 4.90 Å². The summed E-state index contributed by atoms with van der Waals surface area (Å²) in [5.41, 5.74) is 6.33. The Labute approximate surface area is 110 Å². The van der Waals surface area contributed by atoms with Crippen LogP contribution in [0.1, 0.15) is 51.8 Å². The molecule has 1 aliphatic rings. The Morgan fingerprint density at radius 2 is 2.28 bits per heavy atom. The van der Waals surface area contributed by atoms with Crippen LogP contribution in [0.15, 0.2) is 22.8 Å². The first-order valence-corrected chi connectivity index (χ1v) is 7.18. The van der Waals surface area contributed by atoms with Crippen LogP contribution in [-0.4, -0.2) is 23.5 Å². The van der Waals surface area contributed by atoms with Crippen molar-refractivity contribution in [3.05, 3.63) is 24.2 Å². The fourth-order valence-electron chi connectivity index (χ4n) is 3.14. The predicted molar refractivity (Wildman–Crippen MR) is 74.3 cm³/mol. The molecule has 0 aliphatic carbocycles. The molecule has 4 atom stereocenters. The number of hydrogen-bond donors (Lipinski definition) is 1. The van der Waals surface area contributed by atoms with Crippen molar-refractivity contribution >= 4 is 0 Å². The minimum absolute atomic E-state index is 0.145. The minimum atomic E-state index is 0.145. The molecule has 0 aromatic carbocycles. The van der Waals surface area contributed by atoms with E-state index in [0.717, 1.165) is 24.6 Å². The van der Waals surface area contributed by atoms with Gasteiger partial charge in [0.05, 0.1) is 12.3 Å². The van der Waals surface area contributed by atoms with Crippen LogP contribution in [0.3, 0.4) is 0 Å². The third kappa shape index (κ3) is 2.78. The van der Waals surface area contributed by atoms with Gasteiger partial charge in [0.1, 0.15) is 5.76 Å². The maximum atomic E-state index is 6.33. The molecular formula is C15H26N2O. The van der Waals surface area contributed by atoms with E-state index in [-0.39, 0.29) is 12.1 Å². The molecule has 0 bridgehead atoms. The number of rotatable bonds is 4. The SMILES string of the molecule is CCC(N)C(c1ccco1)N1CCC(C)CC1C. The molecule has 4 unspecified atom stereocenters. The van der Waals surface area contributed by atoms with E-state index >= 15 is 0 Å². The van der Waals surface area contributed by atoms with Crippen molar-refractivity contribution in [1.29, 1.82) is 0 Å². The van der Waals surface area contributed by atoms with Gasteiger partial charge in [0.25, 0.3) is 0 Å². The number of likely N-dealkylation sites (tertiary alicyclic amines) is 1. The second-order valence-electron chi connectivity index (χ2n) is 5.75. The molecule has 2 rings (SSSR count). The monoisotopic (exact) mass is 250 g/mol. The van der Waals surface area contributed by atoms with Gasteiger partial charge in [0.2, 0.25) is 0 Å². The first-order chi connectivity index (χ1) is 8.63. The summed E-state index contributed by atoms with van der Waals surface area (Å²) in [5.74, 6) is 1.84. The zero-order valence-electron chi connectivity index (χ0n) is 11.8. The summed E-state index contributed by atoms with van der Waals surface area (Å²) in [6, 6.07) is 4.98. The third-order valence-corrected chi connectivity index (χ3v) is 4.26. The summed E-state index contributed by atoms with van der Waals surface area (Å²) in [6.07, 6.45) is 5.25. The van der Waals surface area contributed by atoms with E-state index in [1.807, 2.05) is 6.07 Å². The number of hydrogen-bond acceptors (Lipinski definition) is 3. The summed E-state index contributed by atoms with van der Waals surface area (Å²) in [5, 5.41) is 0. The van der Waals surface area contributed by atoms with Gasteiger partial charge in [-0.05, 0) is 50.8 Å². The standard InChI is InChI=1S/C15H26N2O/c1-4-13(16)15(14-6-5-9-18-14)17-8-7-11(2)10-12(17)3/h5-6,9,11-13,15H,4,7-8,10,16H2,1-3H3. The van der Waals surface area contributed by atoms with E-state index < -0.39 is 0 Å². The van der Waals surface area contributed by atoms with Crippen LogP contribution < -0.4 is 5.73 Å². The highest BCUT2D eigenvalue weighted by atomic mass is 16.3. The molecule has 1 fully saturated rings. The lowest BCUT2D eigenvalue weighted by atomic mass is 9.89. The highest BCUT2D eigenvalue weighted by molar-refractivity contribution is 5.09. The largest absolute Gasteiger partial charge is 0.468 e. The van der Waals surface area contributed by atoms with E-state index in [4.69, 9.17) is 10.2 Å². The Balaban J connectivity index is 2.19. The molecule has 18 heavy (non-hydrogen) atoms. The zero-order valence-corrected chi connectivity index (χ0v) is 11.8. The fourth-order valence-corrected chi connectivity index (χ4v) is 3.14. The molecule has 1 saturated heterocycles. The highest BCUT2D eigenvalue weighted by Crippen LogP contribution is 2.33. The topological polar surface area (TPSA) is 42.4 Å². The van der Waals surface area contributed by atoms with Gasteiger partial charge >= 0.3 is 0 Å². The molecule has 0 saturated carbocycles. The number of nitrogens with zero attached hydrogens (tertiary/aromatic N) is 1. The Kier molecular flexibility index (Phi) is 4.46. The number of furan rings is 1. The molecule has 2 heterocycles. The molecule has 1 aliphatic heterocycles. The fraction of sp³-hybridized carbons (Fsp3) is 0.733. The van der Waals surface area contributed by atoms with E-state index in [2.05, 4.69) is 31.7 Å². The van der Waals surface area contributed by atoms with Crippen LogP contribution in [0.4, 0.5) is 0 Å². The Morgan fingerprint density at radius 3 is 2.83 bits per heavy atom. The van der Waals surface area contributed by atoms with Gasteiger partial charge in [-0.2, -0.15) is 0 Å². The summed E-state index contributed by atoms with van der Waals surface area (Å²) in [6.45, 7) is 7.93. The van der Waals surface area contributed by atoms with Gasteiger partial charge in [-0.25, -0.2) is 0 Å². The van der Waals surface area contributed by atoms with Gasteiger partial charge in [0, 0.05) is 12.1 Å². The lowest BCUT2D eigenvalue weighted by Crippen LogP contribution is -2.48. The van der Waals surface area contributed by atoms with Crippen molar-refractivity contribution in [2.45, 2.75) is 58.2 Å². The normalized spacial score (nSPS) is 29.1. The van der Waals surface area contributed by atoms with Crippen molar-refractivity contribution in [3.63, 3.8) is 0 Å². The predicted octanol–water partition coefficient (Wildman–Crippen LogP) is 3.18. The summed E-state index contributed by atoms with van der Waals surface area (Å²) in [4.78, 5) is 2.53. The molecular weight excluding hydrogens is 224 g/mol. The van der Waals surface area contributed by atoms with E-state index in [1.165, 1.54) is 12.8 Å². The molecule has 3 heteroatoms. The van der Waals surface area contributed by atoms with Crippen molar-refractivity contribution < 1.29 is 4.42 Å². The van der Waals surface area contributed by atoms with Crippen molar-refractivity contribution in [1.82, 2.24) is 4.90 Å². The van der Waals surface area contributed by atoms with Gasteiger partial charge in [-0.15, -0.1) is 0 Å². The zero-order chi connectivity index (χ0) is 13.1. The van der Waals surface area contributed by atoms with E-state index in [1.54, 1.807) is 6.26 Å².